The van der Waals surface area contributed by atoms with Crippen LogP contribution in [-0.2, 0) is 4.79 Å². The number of hydrogen-bond donors (Lipinski definition) is 2. The molecule has 0 atom stereocenters. The Hall–Kier alpha value is -3.22. The molecule has 1 aliphatic heterocycles. The van der Waals surface area contributed by atoms with E-state index in [1.54, 1.807) is 12.1 Å². The third-order valence-electron chi connectivity index (χ3n) is 6.53. The van der Waals surface area contributed by atoms with Gasteiger partial charge in [-0.05, 0) is 69.0 Å². The molecule has 0 unspecified atom stereocenters. The fraction of sp³-hybridized carbons (Fsp3) is 0.481. The van der Waals surface area contributed by atoms with Crippen LogP contribution in [0.25, 0.3) is 0 Å². The molecule has 2 aliphatic rings. The van der Waals surface area contributed by atoms with Gasteiger partial charge in [0.25, 0.3) is 5.91 Å². The number of carbonyl (C=O) groups excluding carboxylic acids is 2. The molecule has 1 saturated carbocycles. The Morgan fingerprint density at radius 2 is 1.35 bits per heavy atom. The summed E-state index contributed by atoms with van der Waals surface area (Å²) in [5, 5.41) is 6.20. The third-order valence-corrected chi connectivity index (χ3v) is 6.53. The summed E-state index contributed by atoms with van der Waals surface area (Å²) < 4.78 is 11.4. The number of ether oxygens (including phenoxy) is 2. The fourth-order valence-corrected chi connectivity index (χ4v) is 4.50. The number of aryl methyl sites for hydroxylation is 1. The molecule has 2 aromatic carbocycles. The van der Waals surface area contributed by atoms with Crippen LogP contribution in [0.4, 0.5) is 4.79 Å². The predicted molar refractivity (Wildman–Crippen MR) is 131 cm³/mol. The standard InChI is InChI=1S/C27H35N3O4/c1-20-7-9-24(10-8-20)34-25-13-11-23(12-14-25)33-19-26(31)28-22-15-17-30(18-16-22)27(32)29-21-5-3-2-4-6-21/h7-14,21-22H,2-6,15-19H2,1H3,(H,28,31)(H,29,32). The average Bonchev–Trinajstić information content (AvgIpc) is 2.86. The zero-order valence-corrected chi connectivity index (χ0v) is 19.9. The Balaban J connectivity index is 1.14. The van der Waals surface area contributed by atoms with Crippen molar-refractivity contribution < 1.29 is 19.1 Å². The maximum absolute atomic E-state index is 12.5. The van der Waals surface area contributed by atoms with Crippen LogP contribution in [0.3, 0.4) is 0 Å². The van der Waals surface area contributed by atoms with E-state index in [1.165, 1.54) is 24.8 Å². The maximum Gasteiger partial charge on any atom is 0.317 e. The number of amides is 3. The first-order valence-electron chi connectivity index (χ1n) is 12.4. The fourth-order valence-electron chi connectivity index (χ4n) is 4.50. The monoisotopic (exact) mass is 465 g/mol. The van der Waals surface area contributed by atoms with Crippen molar-refractivity contribution in [1.82, 2.24) is 15.5 Å². The van der Waals surface area contributed by atoms with Gasteiger partial charge in [-0.1, -0.05) is 37.0 Å². The highest BCUT2D eigenvalue weighted by atomic mass is 16.5. The van der Waals surface area contributed by atoms with E-state index >= 15 is 0 Å². The van der Waals surface area contributed by atoms with Gasteiger partial charge < -0.3 is 25.0 Å². The summed E-state index contributed by atoms with van der Waals surface area (Å²) >= 11 is 0. The molecular weight excluding hydrogens is 430 g/mol. The Morgan fingerprint density at radius 1 is 0.794 bits per heavy atom. The Kier molecular flexibility index (Phi) is 8.28. The molecule has 182 valence electrons. The van der Waals surface area contributed by atoms with Crippen LogP contribution in [0.5, 0.6) is 17.2 Å². The number of carbonyl (C=O) groups is 2. The smallest absolute Gasteiger partial charge is 0.317 e. The Morgan fingerprint density at radius 3 is 2.00 bits per heavy atom. The lowest BCUT2D eigenvalue weighted by Crippen LogP contribution is -2.51. The molecule has 0 radical (unpaired) electrons. The molecule has 2 aromatic rings. The molecule has 2 fully saturated rings. The number of likely N-dealkylation sites (tertiary alicyclic amines) is 1. The van der Waals surface area contributed by atoms with Gasteiger partial charge in [0.2, 0.25) is 0 Å². The van der Waals surface area contributed by atoms with Crippen molar-refractivity contribution in [2.24, 2.45) is 0 Å². The van der Waals surface area contributed by atoms with Gasteiger partial charge in [-0.2, -0.15) is 0 Å². The largest absolute Gasteiger partial charge is 0.484 e. The molecule has 7 heteroatoms. The van der Waals surface area contributed by atoms with Crippen molar-refractivity contribution in [3.05, 3.63) is 54.1 Å². The van der Waals surface area contributed by atoms with Crippen molar-refractivity contribution >= 4 is 11.9 Å². The molecule has 7 nitrogen and oxygen atoms in total. The van der Waals surface area contributed by atoms with Crippen LogP contribution < -0.4 is 20.1 Å². The minimum absolute atomic E-state index is 0.0369. The number of nitrogens with zero attached hydrogens (tertiary/aromatic N) is 1. The molecule has 4 rings (SSSR count). The Bertz CT molecular complexity index is 931. The highest BCUT2D eigenvalue weighted by molar-refractivity contribution is 5.78. The van der Waals surface area contributed by atoms with Crippen LogP contribution in [0.15, 0.2) is 48.5 Å². The minimum atomic E-state index is -0.148. The van der Waals surface area contributed by atoms with Gasteiger partial charge >= 0.3 is 6.03 Å². The molecule has 0 spiro atoms. The van der Waals surface area contributed by atoms with Gasteiger partial charge in [-0.3, -0.25) is 4.79 Å². The summed E-state index contributed by atoms with van der Waals surface area (Å²) in [6, 6.07) is 15.5. The molecule has 1 aliphatic carbocycles. The summed E-state index contributed by atoms with van der Waals surface area (Å²) in [4.78, 5) is 26.7. The molecule has 1 heterocycles. The van der Waals surface area contributed by atoms with Gasteiger partial charge in [0.15, 0.2) is 6.61 Å². The number of nitrogens with one attached hydrogen (secondary N) is 2. The van der Waals surface area contributed by atoms with E-state index in [1.807, 2.05) is 48.2 Å². The number of urea groups is 1. The number of piperidine rings is 1. The summed E-state index contributed by atoms with van der Waals surface area (Å²) in [7, 11) is 0. The van der Waals surface area contributed by atoms with Crippen LogP contribution in [0.2, 0.25) is 0 Å². The van der Waals surface area contributed by atoms with E-state index in [2.05, 4.69) is 10.6 Å². The summed E-state index contributed by atoms with van der Waals surface area (Å²) in [6.45, 7) is 3.31. The molecule has 34 heavy (non-hydrogen) atoms. The van der Waals surface area contributed by atoms with E-state index < -0.39 is 0 Å². The first-order chi connectivity index (χ1) is 16.5. The van der Waals surface area contributed by atoms with E-state index in [4.69, 9.17) is 9.47 Å². The molecule has 0 bridgehead atoms. The lowest BCUT2D eigenvalue weighted by molar-refractivity contribution is -0.124. The zero-order chi connectivity index (χ0) is 23.8. The van der Waals surface area contributed by atoms with Gasteiger partial charge in [0, 0.05) is 25.2 Å². The maximum atomic E-state index is 12.5. The van der Waals surface area contributed by atoms with Gasteiger partial charge in [0.05, 0.1) is 0 Å². The average molecular weight is 466 g/mol. The van der Waals surface area contributed by atoms with E-state index in [0.717, 1.165) is 31.4 Å². The number of benzene rings is 2. The molecule has 2 N–H and O–H groups in total. The van der Waals surface area contributed by atoms with E-state index in [9.17, 15) is 9.59 Å². The van der Waals surface area contributed by atoms with Gasteiger partial charge in [-0.15, -0.1) is 0 Å². The summed E-state index contributed by atoms with van der Waals surface area (Å²) in [5.41, 5.74) is 1.18. The van der Waals surface area contributed by atoms with Crippen molar-refractivity contribution in [1.29, 1.82) is 0 Å². The number of rotatable bonds is 7. The second kappa shape index (κ2) is 11.8. The number of hydrogen-bond acceptors (Lipinski definition) is 4. The third kappa shape index (κ3) is 7.14. The summed E-state index contributed by atoms with van der Waals surface area (Å²) in [5.74, 6) is 1.95. The van der Waals surface area contributed by atoms with Gasteiger partial charge in [-0.25, -0.2) is 4.79 Å². The highest BCUT2D eigenvalue weighted by Gasteiger charge is 2.25. The lowest BCUT2D eigenvalue weighted by atomic mass is 9.95. The first kappa shape index (κ1) is 23.9. The minimum Gasteiger partial charge on any atom is -0.484 e. The normalized spacial score (nSPS) is 17.1. The topological polar surface area (TPSA) is 79.9 Å². The van der Waals surface area contributed by atoms with Crippen molar-refractivity contribution in [2.75, 3.05) is 19.7 Å². The molecule has 1 saturated heterocycles. The Labute approximate surface area is 201 Å². The van der Waals surface area contributed by atoms with E-state index in [-0.39, 0.29) is 24.6 Å². The van der Waals surface area contributed by atoms with Crippen molar-refractivity contribution in [3.8, 4) is 17.2 Å². The van der Waals surface area contributed by atoms with Crippen LogP contribution in [0, 0.1) is 6.92 Å². The van der Waals surface area contributed by atoms with Crippen molar-refractivity contribution in [3.63, 3.8) is 0 Å². The summed E-state index contributed by atoms with van der Waals surface area (Å²) in [6.07, 6.45) is 7.36. The SMILES string of the molecule is Cc1ccc(Oc2ccc(OCC(=O)NC3CCN(C(=O)NC4CCCCC4)CC3)cc2)cc1. The quantitative estimate of drug-likeness (QED) is 0.616. The first-order valence-corrected chi connectivity index (χ1v) is 12.4. The predicted octanol–water partition coefficient (Wildman–Crippen LogP) is 4.79. The van der Waals surface area contributed by atoms with Crippen molar-refractivity contribution in [2.45, 2.75) is 64.0 Å². The van der Waals surface area contributed by atoms with Crippen LogP contribution in [-0.4, -0.2) is 48.6 Å². The van der Waals surface area contributed by atoms with Crippen LogP contribution in [0.1, 0.15) is 50.5 Å². The zero-order valence-electron chi connectivity index (χ0n) is 19.9. The second-order valence-corrected chi connectivity index (χ2v) is 9.29. The molecule has 3 amide bonds. The van der Waals surface area contributed by atoms with E-state index in [0.29, 0.717) is 30.6 Å². The molecular formula is C27H35N3O4. The molecule has 0 aromatic heterocycles. The highest BCUT2D eigenvalue weighted by Crippen LogP contribution is 2.24. The lowest BCUT2D eigenvalue weighted by Gasteiger charge is -2.34. The van der Waals surface area contributed by atoms with Gasteiger partial charge in [0.1, 0.15) is 17.2 Å². The van der Waals surface area contributed by atoms with Crippen LogP contribution >= 0.6 is 0 Å². The second-order valence-electron chi connectivity index (χ2n) is 9.29.